The molecule has 2 aromatic heterocycles. The molecular formula is C24H24ClFN6O3. The SMILES string of the molecule is Cn1cnc(C2CC3CC(O)(c4ncc(C(N)=O)cn4)CC3C2)c1C(=O)Nc1ccc(F)c(Cl)c1. The smallest absolute Gasteiger partial charge is 0.274 e. The number of rotatable bonds is 5. The van der Waals surface area contributed by atoms with Crippen LogP contribution in [-0.2, 0) is 12.6 Å². The van der Waals surface area contributed by atoms with Crippen LogP contribution in [-0.4, -0.2) is 36.4 Å². The van der Waals surface area contributed by atoms with E-state index in [4.69, 9.17) is 17.3 Å². The summed E-state index contributed by atoms with van der Waals surface area (Å²) < 4.78 is 15.1. The number of halogens is 2. The fourth-order valence-electron chi connectivity index (χ4n) is 5.55. The maximum atomic E-state index is 13.5. The van der Waals surface area contributed by atoms with E-state index in [1.165, 1.54) is 30.6 Å². The number of hydrogen-bond donors (Lipinski definition) is 3. The molecule has 2 unspecified atom stereocenters. The third-order valence-corrected chi connectivity index (χ3v) is 7.43. The molecule has 0 bridgehead atoms. The number of amides is 2. The Morgan fingerprint density at radius 3 is 2.46 bits per heavy atom. The molecule has 0 radical (unpaired) electrons. The molecule has 2 aliphatic rings. The van der Waals surface area contributed by atoms with E-state index in [0.717, 1.165) is 12.8 Å². The highest BCUT2D eigenvalue weighted by Gasteiger charge is 2.51. The number of benzene rings is 1. The number of aryl methyl sites for hydroxylation is 1. The lowest BCUT2D eigenvalue weighted by Crippen LogP contribution is -2.27. The highest BCUT2D eigenvalue weighted by atomic mass is 35.5. The van der Waals surface area contributed by atoms with Crippen molar-refractivity contribution in [3.05, 3.63) is 70.5 Å². The first-order chi connectivity index (χ1) is 16.6. The summed E-state index contributed by atoms with van der Waals surface area (Å²) in [5.41, 5.74) is 5.82. The molecule has 9 nitrogen and oxygen atoms in total. The molecule has 2 atom stereocenters. The highest BCUT2D eigenvalue weighted by molar-refractivity contribution is 6.31. The van der Waals surface area contributed by atoms with Crippen molar-refractivity contribution in [3.8, 4) is 0 Å². The van der Waals surface area contributed by atoms with Crippen LogP contribution in [0, 0.1) is 17.7 Å². The lowest BCUT2D eigenvalue weighted by molar-refractivity contribution is 0.0252. The van der Waals surface area contributed by atoms with Crippen molar-refractivity contribution < 1.29 is 19.1 Å². The second kappa shape index (κ2) is 8.69. The maximum absolute atomic E-state index is 13.5. The van der Waals surface area contributed by atoms with Gasteiger partial charge in [-0.2, -0.15) is 0 Å². The quantitative estimate of drug-likeness (QED) is 0.494. The van der Waals surface area contributed by atoms with Gasteiger partial charge in [0.15, 0.2) is 5.82 Å². The molecule has 2 saturated carbocycles. The molecule has 0 aliphatic heterocycles. The van der Waals surface area contributed by atoms with Gasteiger partial charge in [-0.1, -0.05) is 11.6 Å². The summed E-state index contributed by atoms with van der Waals surface area (Å²) in [5, 5.41) is 13.9. The van der Waals surface area contributed by atoms with Crippen LogP contribution >= 0.6 is 11.6 Å². The van der Waals surface area contributed by atoms with Gasteiger partial charge < -0.3 is 20.7 Å². The number of imidazole rings is 1. The molecule has 0 saturated heterocycles. The van der Waals surface area contributed by atoms with E-state index in [1.54, 1.807) is 17.9 Å². The highest BCUT2D eigenvalue weighted by Crippen LogP contribution is 2.56. The topological polar surface area (TPSA) is 136 Å². The molecule has 2 aliphatic carbocycles. The predicted molar refractivity (Wildman–Crippen MR) is 125 cm³/mol. The average Bonchev–Trinajstić information content (AvgIpc) is 3.47. The summed E-state index contributed by atoms with van der Waals surface area (Å²) in [4.78, 5) is 37.3. The van der Waals surface area contributed by atoms with E-state index >= 15 is 0 Å². The fraction of sp³-hybridized carbons (Fsp3) is 0.375. The number of primary amides is 1. The van der Waals surface area contributed by atoms with Gasteiger partial charge in [-0.3, -0.25) is 9.59 Å². The number of carbonyl (C=O) groups is 2. The molecule has 182 valence electrons. The van der Waals surface area contributed by atoms with Gasteiger partial charge in [-0.05, 0) is 55.7 Å². The third-order valence-electron chi connectivity index (χ3n) is 7.14. The molecule has 5 rings (SSSR count). The van der Waals surface area contributed by atoms with Crippen LogP contribution in [0.25, 0.3) is 0 Å². The number of fused-ring (bicyclic) bond motifs is 1. The summed E-state index contributed by atoms with van der Waals surface area (Å²) in [6.45, 7) is 0. The van der Waals surface area contributed by atoms with E-state index in [0.29, 0.717) is 35.7 Å². The first kappa shape index (κ1) is 23.4. The molecule has 35 heavy (non-hydrogen) atoms. The Balaban J connectivity index is 1.30. The Morgan fingerprint density at radius 1 is 1.20 bits per heavy atom. The number of aromatic nitrogens is 4. The van der Waals surface area contributed by atoms with Gasteiger partial charge in [0.05, 0.1) is 22.6 Å². The van der Waals surface area contributed by atoms with Gasteiger partial charge >= 0.3 is 0 Å². The van der Waals surface area contributed by atoms with Crippen molar-refractivity contribution in [2.75, 3.05) is 5.32 Å². The van der Waals surface area contributed by atoms with E-state index in [9.17, 15) is 19.1 Å². The van der Waals surface area contributed by atoms with Crippen LogP contribution in [0.2, 0.25) is 5.02 Å². The van der Waals surface area contributed by atoms with Crippen molar-refractivity contribution in [1.82, 2.24) is 19.5 Å². The van der Waals surface area contributed by atoms with Gasteiger partial charge in [0, 0.05) is 31.0 Å². The molecule has 11 heteroatoms. The summed E-state index contributed by atoms with van der Waals surface area (Å²) in [6, 6.07) is 4.02. The predicted octanol–water partition coefficient (Wildman–Crippen LogP) is 3.15. The zero-order valence-corrected chi connectivity index (χ0v) is 19.7. The minimum absolute atomic E-state index is 0.0615. The number of aliphatic hydroxyl groups is 1. The maximum Gasteiger partial charge on any atom is 0.274 e. The number of nitrogens with one attached hydrogen (secondary N) is 1. The lowest BCUT2D eigenvalue weighted by atomic mass is 9.91. The molecule has 0 spiro atoms. The summed E-state index contributed by atoms with van der Waals surface area (Å²) >= 11 is 5.84. The second-order valence-corrected chi connectivity index (χ2v) is 9.87. The Kier molecular flexibility index (Phi) is 5.80. The van der Waals surface area contributed by atoms with Gasteiger partial charge in [0.25, 0.3) is 11.8 Å². The lowest BCUT2D eigenvalue weighted by Gasteiger charge is -2.23. The van der Waals surface area contributed by atoms with Crippen molar-refractivity contribution in [3.63, 3.8) is 0 Å². The van der Waals surface area contributed by atoms with Crippen molar-refractivity contribution in [2.24, 2.45) is 24.6 Å². The first-order valence-electron chi connectivity index (χ1n) is 11.3. The van der Waals surface area contributed by atoms with Crippen LogP contribution in [0.3, 0.4) is 0 Å². The van der Waals surface area contributed by atoms with Crippen LogP contribution < -0.4 is 11.1 Å². The van der Waals surface area contributed by atoms with Crippen LogP contribution in [0.5, 0.6) is 0 Å². The zero-order valence-electron chi connectivity index (χ0n) is 18.9. The minimum Gasteiger partial charge on any atom is -0.382 e. The monoisotopic (exact) mass is 498 g/mol. The molecule has 2 heterocycles. The normalized spacial score (nSPS) is 25.4. The number of carbonyl (C=O) groups excluding carboxylic acids is 2. The van der Waals surface area contributed by atoms with Gasteiger partial charge in [0.1, 0.15) is 17.1 Å². The van der Waals surface area contributed by atoms with Gasteiger partial charge in [-0.25, -0.2) is 19.3 Å². The van der Waals surface area contributed by atoms with Gasteiger partial charge in [0.2, 0.25) is 0 Å². The van der Waals surface area contributed by atoms with Crippen LogP contribution in [0.4, 0.5) is 10.1 Å². The average molecular weight is 499 g/mol. The third kappa shape index (κ3) is 4.28. The van der Waals surface area contributed by atoms with Crippen LogP contribution in [0.1, 0.15) is 64.0 Å². The molecule has 3 aromatic rings. The summed E-state index contributed by atoms with van der Waals surface area (Å²) in [7, 11) is 1.75. The molecular weight excluding hydrogens is 475 g/mol. The Morgan fingerprint density at radius 2 is 1.86 bits per heavy atom. The molecule has 4 N–H and O–H groups in total. The molecule has 1 aromatic carbocycles. The Labute approximate surface area is 205 Å². The van der Waals surface area contributed by atoms with E-state index in [1.807, 2.05) is 0 Å². The summed E-state index contributed by atoms with van der Waals surface area (Å²) in [6.07, 6.45) is 6.82. The standard InChI is InChI=1S/C24H24ClFN6O3/c1-32-11-30-19(20(32)22(34)31-16-2-3-18(26)17(25)6-16)12-4-13-7-24(35,8-14(13)5-12)23-28-9-15(10-29-23)21(27)33/h2-3,6,9-14,35H,4-5,7-8H2,1H3,(H2,27,33)(H,31,34). The Bertz CT molecular complexity index is 1300. The number of hydrogen-bond acceptors (Lipinski definition) is 6. The van der Waals surface area contributed by atoms with Crippen LogP contribution in [0.15, 0.2) is 36.9 Å². The van der Waals surface area contributed by atoms with E-state index in [-0.39, 0.29) is 34.2 Å². The molecule has 2 fully saturated rings. The van der Waals surface area contributed by atoms with Crippen molar-refractivity contribution in [1.29, 1.82) is 0 Å². The number of anilines is 1. The van der Waals surface area contributed by atoms with Crippen molar-refractivity contribution in [2.45, 2.75) is 37.2 Å². The van der Waals surface area contributed by atoms with Crippen molar-refractivity contribution >= 4 is 29.1 Å². The first-order valence-corrected chi connectivity index (χ1v) is 11.6. The largest absolute Gasteiger partial charge is 0.382 e. The minimum atomic E-state index is -1.16. The van der Waals surface area contributed by atoms with Gasteiger partial charge in [-0.15, -0.1) is 0 Å². The van der Waals surface area contributed by atoms with E-state index < -0.39 is 17.3 Å². The van der Waals surface area contributed by atoms with E-state index in [2.05, 4.69) is 20.3 Å². The Hall–Kier alpha value is -3.37. The number of nitrogens with zero attached hydrogens (tertiary/aromatic N) is 4. The summed E-state index contributed by atoms with van der Waals surface area (Å²) in [5.74, 6) is -0.726. The fourth-order valence-corrected chi connectivity index (χ4v) is 5.73. The zero-order chi connectivity index (χ0) is 24.9. The molecule has 2 amide bonds. The second-order valence-electron chi connectivity index (χ2n) is 9.46. The number of nitrogens with two attached hydrogens (primary N) is 1.